The number of piperidine rings is 1. The number of carbonyl (C=O) groups excluding carboxylic acids is 2. The average molecular weight is 372 g/mol. The highest BCUT2D eigenvalue weighted by atomic mass is 16.2. The number of urea groups is 1. The van der Waals surface area contributed by atoms with Gasteiger partial charge >= 0.3 is 6.03 Å². The summed E-state index contributed by atoms with van der Waals surface area (Å²) in [5.74, 6) is 0.605. The van der Waals surface area contributed by atoms with E-state index in [1.807, 2.05) is 35.2 Å². The van der Waals surface area contributed by atoms with Crippen molar-refractivity contribution in [3.05, 3.63) is 30.3 Å². The van der Waals surface area contributed by atoms with Gasteiger partial charge in [-0.05, 0) is 50.2 Å². The first-order valence-corrected chi connectivity index (χ1v) is 10.6. The maximum atomic E-state index is 12.5. The van der Waals surface area contributed by atoms with Gasteiger partial charge in [0.1, 0.15) is 0 Å². The van der Waals surface area contributed by atoms with Gasteiger partial charge < -0.3 is 15.5 Å². The Kier molecular flexibility index (Phi) is 7.55. The zero-order valence-corrected chi connectivity index (χ0v) is 16.3. The lowest BCUT2D eigenvalue weighted by molar-refractivity contribution is -0.122. The van der Waals surface area contributed by atoms with Gasteiger partial charge in [-0.1, -0.05) is 43.9 Å². The minimum Gasteiger partial charge on any atom is -0.353 e. The fourth-order valence-corrected chi connectivity index (χ4v) is 4.27. The van der Waals surface area contributed by atoms with E-state index in [1.165, 1.54) is 25.7 Å². The largest absolute Gasteiger partial charge is 0.353 e. The molecule has 1 aliphatic carbocycles. The molecule has 27 heavy (non-hydrogen) atoms. The molecule has 1 heterocycles. The zero-order chi connectivity index (χ0) is 18.9. The van der Waals surface area contributed by atoms with Crippen LogP contribution in [-0.4, -0.2) is 36.0 Å². The standard InChI is InChI=1S/C22H33N3O2/c26-21(23-19-10-4-1-2-5-11-19)15-14-18-9-8-16-25(17-18)22(27)24-20-12-6-3-7-13-20/h3,6-7,12-13,18-19H,1-2,4-5,8-11,14-17H2,(H,23,26)(H,24,27)/t18-/m1/s1. The van der Waals surface area contributed by atoms with Gasteiger partial charge in [-0.3, -0.25) is 4.79 Å². The van der Waals surface area contributed by atoms with Crippen molar-refractivity contribution in [3.63, 3.8) is 0 Å². The van der Waals surface area contributed by atoms with Gasteiger partial charge in [0.05, 0.1) is 0 Å². The second-order valence-electron chi connectivity index (χ2n) is 8.05. The molecule has 0 spiro atoms. The van der Waals surface area contributed by atoms with E-state index in [1.54, 1.807) is 0 Å². The summed E-state index contributed by atoms with van der Waals surface area (Å²) in [5.41, 5.74) is 0.826. The van der Waals surface area contributed by atoms with Crippen molar-refractivity contribution < 1.29 is 9.59 Å². The third-order valence-corrected chi connectivity index (χ3v) is 5.83. The second-order valence-corrected chi connectivity index (χ2v) is 8.05. The molecule has 1 aromatic rings. The molecule has 5 nitrogen and oxygen atoms in total. The monoisotopic (exact) mass is 371 g/mol. The van der Waals surface area contributed by atoms with Gasteiger partial charge in [-0.2, -0.15) is 0 Å². The minimum atomic E-state index is -0.0335. The van der Waals surface area contributed by atoms with Crippen molar-refractivity contribution >= 4 is 17.6 Å². The Hall–Kier alpha value is -2.04. The van der Waals surface area contributed by atoms with Crippen molar-refractivity contribution in [1.82, 2.24) is 10.2 Å². The van der Waals surface area contributed by atoms with Crippen molar-refractivity contribution in [2.75, 3.05) is 18.4 Å². The number of carbonyl (C=O) groups is 2. The minimum absolute atomic E-state index is 0.0335. The van der Waals surface area contributed by atoms with Crippen LogP contribution in [0.1, 0.15) is 64.2 Å². The number of hydrogen-bond acceptors (Lipinski definition) is 2. The lowest BCUT2D eigenvalue weighted by Gasteiger charge is -2.32. The molecule has 3 rings (SSSR count). The first kappa shape index (κ1) is 19.7. The molecule has 5 heteroatoms. The molecule has 0 bridgehead atoms. The van der Waals surface area contributed by atoms with Gasteiger partial charge in [0, 0.05) is 31.2 Å². The lowest BCUT2D eigenvalue weighted by Crippen LogP contribution is -2.42. The SMILES string of the molecule is O=C(CC[C@H]1CCCN(C(=O)Nc2ccccc2)C1)NC1CCCCCC1. The van der Waals surface area contributed by atoms with E-state index in [0.29, 0.717) is 18.4 Å². The molecule has 1 aromatic carbocycles. The smallest absolute Gasteiger partial charge is 0.321 e. The summed E-state index contributed by atoms with van der Waals surface area (Å²) in [7, 11) is 0. The van der Waals surface area contributed by atoms with Crippen molar-refractivity contribution in [2.24, 2.45) is 5.92 Å². The molecule has 1 aliphatic heterocycles. The Morgan fingerprint density at radius 3 is 2.44 bits per heavy atom. The summed E-state index contributed by atoms with van der Waals surface area (Å²) in [6.45, 7) is 1.54. The Labute approximate surface area is 162 Å². The van der Waals surface area contributed by atoms with Crippen LogP contribution < -0.4 is 10.6 Å². The van der Waals surface area contributed by atoms with Crippen molar-refractivity contribution in [3.8, 4) is 0 Å². The van der Waals surface area contributed by atoms with Gasteiger partial charge in [-0.25, -0.2) is 4.79 Å². The highest BCUT2D eigenvalue weighted by molar-refractivity contribution is 5.89. The topological polar surface area (TPSA) is 61.4 Å². The molecular weight excluding hydrogens is 338 g/mol. The number of nitrogens with one attached hydrogen (secondary N) is 2. The third kappa shape index (κ3) is 6.56. The van der Waals surface area contributed by atoms with E-state index in [4.69, 9.17) is 0 Å². The van der Waals surface area contributed by atoms with Crippen molar-refractivity contribution in [2.45, 2.75) is 70.3 Å². The molecule has 1 saturated heterocycles. The molecule has 1 atom stereocenters. The predicted molar refractivity (Wildman–Crippen MR) is 109 cm³/mol. The normalized spacial score (nSPS) is 21.3. The second kappa shape index (κ2) is 10.3. The van der Waals surface area contributed by atoms with Gasteiger partial charge in [-0.15, -0.1) is 0 Å². The van der Waals surface area contributed by atoms with Gasteiger partial charge in [0.15, 0.2) is 0 Å². The molecule has 1 saturated carbocycles. The molecule has 0 unspecified atom stereocenters. The van der Waals surface area contributed by atoms with Crippen molar-refractivity contribution in [1.29, 1.82) is 0 Å². The van der Waals surface area contributed by atoms with E-state index in [9.17, 15) is 9.59 Å². The third-order valence-electron chi connectivity index (χ3n) is 5.83. The molecule has 0 aromatic heterocycles. The Morgan fingerprint density at radius 1 is 0.963 bits per heavy atom. The van der Waals surface area contributed by atoms with E-state index in [0.717, 1.165) is 50.9 Å². The van der Waals surface area contributed by atoms with E-state index < -0.39 is 0 Å². The van der Waals surface area contributed by atoms with Crippen LogP contribution in [0.3, 0.4) is 0 Å². The summed E-state index contributed by atoms with van der Waals surface area (Å²) in [5, 5.41) is 6.20. The molecular formula is C22H33N3O2. The summed E-state index contributed by atoms with van der Waals surface area (Å²) in [4.78, 5) is 26.7. The average Bonchev–Trinajstić information content (AvgIpc) is 2.96. The van der Waals surface area contributed by atoms with Crippen LogP contribution in [0.5, 0.6) is 0 Å². The van der Waals surface area contributed by atoms with E-state index >= 15 is 0 Å². The van der Waals surface area contributed by atoms with E-state index in [-0.39, 0.29) is 11.9 Å². The van der Waals surface area contributed by atoms with Crippen LogP contribution in [0.15, 0.2) is 30.3 Å². The quantitative estimate of drug-likeness (QED) is 0.746. The van der Waals surface area contributed by atoms with Gasteiger partial charge in [0.2, 0.25) is 5.91 Å². The molecule has 2 aliphatic rings. The fraction of sp³-hybridized carbons (Fsp3) is 0.636. The van der Waals surface area contributed by atoms with Crippen LogP contribution in [-0.2, 0) is 4.79 Å². The molecule has 2 N–H and O–H groups in total. The summed E-state index contributed by atoms with van der Waals surface area (Å²) in [6.07, 6.45) is 10.9. The van der Waals surface area contributed by atoms with Crippen LogP contribution in [0.2, 0.25) is 0 Å². The number of likely N-dealkylation sites (tertiary alicyclic amines) is 1. The number of para-hydroxylation sites is 1. The first-order chi connectivity index (χ1) is 13.2. The summed E-state index contributed by atoms with van der Waals surface area (Å²) < 4.78 is 0. The highest BCUT2D eigenvalue weighted by Gasteiger charge is 2.24. The maximum absolute atomic E-state index is 12.5. The first-order valence-electron chi connectivity index (χ1n) is 10.6. The van der Waals surface area contributed by atoms with Crippen LogP contribution in [0.4, 0.5) is 10.5 Å². The number of anilines is 1. The number of benzene rings is 1. The number of amides is 3. The highest BCUT2D eigenvalue weighted by Crippen LogP contribution is 2.22. The molecule has 0 radical (unpaired) electrons. The molecule has 2 fully saturated rings. The lowest BCUT2D eigenvalue weighted by atomic mass is 9.93. The van der Waals surface area contributed by atoms with Crippen LogP contribution in [0.25, 0.3) is 0 Å². The summed E-state index contributed by atoms with van der Waals surface area (Å²) in [6, 6.07) is 9.91. The Bertz CT molecular complexity index is 597. The van der Waals surface area contributed by atoms with Gasteiger partial charge in [0.25, 0.3) is 0 Å². The van der Waals surface area contributed by atoms with E-state index in [2.05, 4.69) is 10.6 Å². The zero-order valence-electron chi connectivity index (χ0n) is 16.3. The Morgan fingerprint density at radius 2 is 1.70 bits per heavy atom. The fourth-order valence-electron chi connectivity index (χ4n) is 4.27. The molecule has 3 amide bonds. The number of nitrogens with zero attached hydrogens (tertiary/aromatic N) is 1. The number of rotatable bonds is 5. The number of hydrogen-bond donors (Lipinski definition) is 2. The predicted octanol–water partition coefficient (Wildman–Crippen LogP) is 4.55. The van der Waals surface area contributed by atoms with Crippen LogP contribution >= 0.6 is 0 Å². The maximum Gasteiger partial charge on any atom is 0.321 e. The molecule has 148 valence electrons. The summed E-state index contributed by atoms with van der Waals surface area (Å²) >= 11 is 0. The Balaban J connectivity index is 1.40. The van der Waals surface area contributed by atoms with Crippen LogP contribution in [0, 0.1) is 5.92 Å².